The van der Waals surface area contributed by atoms with Gasteiger partial charge < -0.3 is 14.6 Å². The van der Waals surface area contributed by atoms with Crippen LogP contribution in [0.3, 0.4) is 0 Å². The zero-order valence-electron chi connectivity index (χ0n) is 19.4. The van der Waals surface area contributed by atoms with Gasteiger partial charge in [0, 0.05) is 5.57 Å². The van der Waals surface area contributed by atoms with Crippen LogP contribution < -0.4 is 0 Å². The van der Waals surface area contributed by atoms with E-state index in [1.165, 1.54) is 29.5 Å². The van der Waals surface area contributed by atoms with Crippen LogP contribution in [0.4, 0.5) is 0 Å². The standard InChI is InChI=1S/C26H38O5/c1-6-8-9-24-11-10-22(17-23(24)7-2)16-21(12-14-30-25(28)19(3)4)13-15-31-26(29)20(5)18-27/h10-11,17,21,27H,3,5-9,12-16,18H2,1-2,4H3. The zero-order chi connectivity index (χ0) is 23.2. The number of unbranched alkanes of at least 4 members (excludes halogenated alkanes) is 1. The summed E-state index contributed by atoms with van der Waals surface area (Å²) in [5, 5.41) is 8.99. The molecule has 0 saturated carbocycles. The summed E-state index contributed by atoms with van der Waals surface area (Å²) < 4.78 is 10.5. The van der Waals surface area contributed by atoms with Crippen molar-refractivity contribution in [1.29, 1.82) is 0 Å². The quantitative estimate of drug-likeness (QED) is 0.321. The van der Waals surface area contributed by atoms with E-state index >= 15 is 0 Å². The van der Waals surface area contributed by atoms with E-state index in [-0.39, 0.29) is 18.1 Å². The average Bonchev–Trinajstić information content (AvgIpc) is 2.76. The summed E-state index contributed by atoms with van der Waals surface area (Å²) in [6.07, 6.45) is 6.57. The Morgan fingerprint density at radius 1 is 1.03 bits per heavy atom. The lowest BCUT2D eigenvalue weighted by molar-refractivity contribution is -0.139. The second-order valence-corrected chi connectivity index (χ2v) is 8.02. The van der Waals surface area contributed by atoms with Gasteiger partial charge >= 0.3 is 11.9 Å². The molecule has 31 heavy (non-hydrogen) atoms. The van der Waals surface area contributed by atoms with E-state index in [0.29, 0.717) is 25.0 Å². The van der Waals surface area contributed by atoms with Crippen molar-refractivity contribution in [2.45, 2.75) is 65.7 Å². The Morgan fingerprint density at radius 3 is 2.23 bits per heavy atom. The van der Waals surface area contributed by atoms with Gasteiger partial charge in [-0.25, -0.2) is 9.59 Å². The predicted octanol–water partition coefficient (Wildman–Crippen LogP) is 4.74. The van der Waals surface area contributed by atoms with Crippen LogP contribution in [0.25, 0.3) is 0 Å². The highest BCUT2D eigenvalue weighted by Crippen LogP contribution is 2.21. The SMILES string of the molecule is C=C(C)C(=O)OCCC(CCOC(=O)C(=C)CO)Cc1ccc(CCCC)c(CC)c1. The van der Waals surface area contributed by atoms with Crippen LogP contribution in [-0.4, -0.2) is 36.9 Å². The lowest BCUT2D eigenvalue weighted by atomic mass is 9.90. The summed E-state index contributed by atoms with van der Waals surface area (Å²) in [4.78, 5) is 23.4. The second-order valence-electron chi connectivity index (χ2n) is 8.02. The van der Waals surface area contributed by atoms with Gasteiger partial charge in [-0.05, 0) is 68.1 Å². The minimum Gasteiger partial charge on any atom is -0.462 e. The zero-order valence-corrected chi connectivity index (χ0v) is 19.4. The molecule has 0 heterocycles. The largest absolute Gasteiger partial charge is 0.462 e. The molecule has 0 spiro atoms. The topological polar surface area (TPSA) is 72.8 Å². The van der Waals surface area contributed by atoms with Crippen molar-refractivity contribution in [3.05, 3.63) is 59.2 Å². The molecule has 0 aliphatic carbocycles. The summed E-state index contributed by atoms with van der Waals surface area (Å²) in [6.45, 7) is 13.2. The average molecular weight is 431 g/mol. The Hall–Kier alpha value is -2.40. The van der Waals surface area contributed by atoms with Gasteiger partial charge in [-0.2, -0.15) is 0 Å². The maximum Gasteiger partial charge on any atom is 0.335 e. The Morgan fingerprint density at radius 2 is 1.68 bits per heavy atom. The van der Waals surface area contributed by atoms with E-state index in [0.717, 1.165) is 19.3 Å². The van der Waals surface area contributed by atoms with Gasteiger partial charge in [0.1, 0.15) is 0 Å². The molecule has 172 valence electrons. The van der Waals surface area contributed by atoms with E-state index in [2.05, 4.69) is 45.2 Å². The molecule has 1 N–H and O–H groups in total. The van der Waals surface area contributed by atoms with Gasteiger partial charge in [-0.1, -0.05) is 51.6 Å². The van der Waals surface area contributed by atoms with Gasteiger partial charge in [0.2, 0.25) is 0 Å². The minimum atomic E-state index is -0.580. The fourth-order valence-corrected chi connectivity index (χ4v) is 3.35. The molecule has 0 aliphatic rings. The van der Waals surface area contributed by atoms with Crippen molar-refractivity contribution >= 4 is 11.9 Å². The molecule has 0 saturated heterocycles. The van der Waals surface area contributed by atoms with E-state index < -0.39 is 18.5 Å². The third kappa shape index (κ3) is 9.97. The van der Waals surface area contributed by atoms with E-state index in [1.54, 1.807) is 6.92 Å². The molecule has 0 aliphatic heterocycles. The number of aryl methyl sites for hydroxylation is 2. The Balaban J connectivity index is 2.79. The van der Waals surface area contributed by atoms with Gasteiger partial charge in [-0.15, -0.1) is 0 Å². The molecule has 1 rings (SSSR count). The monoisotopic (exact) mass is 430 g/mol. The number of aliphatic hydroxyl groups excluding tert-OH is 1. The highest BCUT2D eigenvalue weighted by molar-refractivity contribution is 5.88. The first-order chi connectivity index (χ1) is 14.8. The minimum absolute atomic E-state index is 0.0437. The molecular formula is C26H38O5. The second kappa shape index (κ2) is 14.6. The van der Waals surface area contributed by atoms with E-state index in [1.807, 2.05) is 0 Å². The highest BCUT2D eigenvalue weighted by atomic mass is 16.5. The van der Waals surface area contributed by atoms with Crippen LogP contribution in [0.15, 0.2) is 42.5 Å². The first-order valence-electron chi connectivity index (χ1n) is 11.2. The summed E-state index contributed by atoms with van der Waals surface area (Å²) in [5.74, 6) is -0.791. The number of aliphatic hydroxyl groups is 1. The Kier molecular flexibility index (Phi) is 12.5. The summed E-state index contributed by atoms with van der Waals surface area (Å²) >= 11 is 0. The van der Waals surface area contributed by atoms with Crippen molar-refractivity contribution in [1.82, 2.24) is 0 Å². The molecular weight excluding hydrogens is 392 g/mol. The first-order valence-corrected chi connectivity index (χ1v) is 11.2. The van der Waals surface area contributed by atoms with Crippen LogP contribution in [0.1, 0.15) is 63.1 Å². The van der Waals surface area contributed by atoms with Crippen LogP contribution in [0.5, 0.6) is 0 Å². The summed E-state index contributed by atoms with van der Waals surface area (Å²) in [6, 6.07) is 6.68. The Labute approximate surface area is 187 Å². The van der Waals surface area contributed by atoms with E-state index in [4.69, 9.17) is 14.6 Å². The third-order valence-electron chi connectivity index (χ3n) is 5.32. The molecule has 1 aromatic rings. The predicted molar refractivity (Wildman–Crippen MR) is 124 cm³/mol. The van der Waals surface area contributed by atoms with Crippen molar-refractivity contribution in [3.8, 4) is 0 Å². The fourth-order valence-electron chi connectivity index (χ4n) is 3.35. The number of ether oxygens (including phenoxy) is 2. The molecule has 0 bridgehead atoms. The highest BCUT2D eigenvalue weighted by Gasteiger charge is 2.15. The normalized spacial score (nSPS) is 11.6. The lowest BCUT2D eigenvalue weighted by Gasteiger charge is -2.19. The number of carbonyl (C=O) groups excluding carboxylic acids is 2. The van der Waals surface area contributed by atoms with E-state index in [9.17, 15) is 9.59 Å². The number of benzene rings is 1. The van der Waals surface area contributed by atoms with Crippen LogP contribution in [-0.2, 0) is 38.3 Å². The molecule has 1 aromatic carbocycles. The van der Waals surface area contributed by atoms with Gasteiger partial charge in [0.15, 0.2) is 0 Å². The molecule has 5 heteroatoms. The Bertz CT molecular complexity index is 750. The van der Waals surface area contributed by atoms with Crippen LogP contribution in [0.2, 0.25) is 0 Å². The number of hydrogen-bond donors (Lipinski definition) is 1. The van der Waals surface area contributed by atoms with Gasteiger partial charge in [-0.3, -0.25) is 0 Å². The molecule has 0 fully saturated rings. The first kappa shape index (κ1) is 26.6. The van der Waals surface area contributed by atoms with Crippen LogP contribution >= 0.6 is 0 Å². The van der Waals surface area contributed by atoms with Crippen molar-refractivity contribution < 1.29 is 24.2 Å². The molecule has 1 unspecified atom stereocenters. The lowest BCUT2D eigenvalue weighted by Crippen LogP contribution is -2.17. The van der Waals surface area contributed by atoms with Gasteiger partial charge in [0.25, 0.3) is 0 Å². The molecule has 0 amide bonds. The van der Waals surface area contributed by atoms with Gasteiger partial charge in [0.05, 0.1) is 25.4 Å². The van der Waals surface area contributed by atoms with Crippen molar-refractivity contribution in [2.24, 2.45) is 5.92 Å². The van der Waals surface area contributed by atoms with Crippen molar-refractivity contribution in [2.75, 3.05) is 19.8 Å². The fraction of sp³-hybridized carbons (Fsp3) is 0.538. The summed E-state index contributed by atoms with van der Waals surface area (Å²) in [7, 11) is 0. The third-order valence-corrected chi connectivity index (χ3v) is 5.32. The number of rotatable bonds is 15. The maximum absolute atomic E-state index is 11.7. The molecule has 1 atom stereocenters. The molecule has 5 nitrogen and oxygen atoms in total. The van der Waals surface area contributed by atoms with Crippen molar-refractivity contribution in [3.63, 3.8) is 0 Å². The smallest absolute Gasteiger partial charge is 0.335 e. The molecule has 0 radical (unpaired) electrons. The number of carbonyl (C=O) groups is 2. The maximum atomic E-state index is 11.7. The summed E-state index contributed by atoms with van der Waals surface area (Å²) in [5.41, 5.74) is 4.45. The van der Waals surface area contributed by atoms with Crippen LogP contribution in [0, 0.1) is 5.92 Å². The molecule has 0 aromatic heterocycles. The number of hydrogen-bond acceptors (Lipinski definition) is 5. The number of esters is 2.